The van der Waals surface area contributed by atoms with Crippen LogP contribution >= 0.6 is 0 Å². The summed E-state index contributed by atoms with van der Waals surface area (Å²) in [5.74, 6) is 1.93. The highest BCUT2D eigenvalue weighted by Crippen LogP contribution is 2.18. The number of aromatic amines is 1. The van der Waals surface area contributed by atoms with E-state index in [4.69, 9.17) is 0 Å². The van der Waals surface area contributed by atoms with Gasteiger partial charge in [-0.15, -0.1) is 0 Å². The number of imidazole rings is 1. The number of anilines is 1. The van der Waals surface area contributed by atoms with Crippen molar-refractivity contribution in [2.75, 3.05) is 11.9 Å². The van der Waals surface area contributed by atoms with Gasteiger partial charge in [-0.3, -0.25) is 0 Å². The summed E-state index contributed by atoms with van der Waals surface area (Å²) in [5, 5.41) is 4.49. The first-order valence-corrected chi connectivity index (χ1v) is 6.17. The van der Waals surface area contributed by atoms with Crippen molar-refractivity contribution in [3.63, 3.8) is 0 Å². The number of fused-ring (bicyclic) bond motifs is 1. The zero-order chi connectivity index (χ0) is 13.4. The van der Waals surface area contributed by atoms with E-state index in [9.17, 15) is 0 Å². The van der Waals surface area contributed by atoms with Crippen molar-refractivity contribution in [2.24, 2.45) is 0 Å². The number of hydrogen-bond acceptors (Lipinski definition) is 4. The Morgan fingerprint density at radius 3 is 2.84 bits per heavy atom. The molecule has 98 valence electrons. The van der Waals surface area contributed by atoms with E-state index in [1.165, 1.54) is 0 Å². The minimum atomic E-state index is 0.699. The summed E-state index contributed by atoms with van der Waals surface area (Å²) in [7, 11) is 2.02. The second-order valence-corrected chi connectivity index (χ2v) is 4.70. The van der Waals surface area contributed by atoms with E-state index in [1.807, 2.05) is 43.7 Å². The lowest BCUT2D eigenvalue weighted by atomic mass is 10.4. The van der Waals surface area contributed by atoms with Gasteiger partial charge in [0.05, 0.1) is 12.2 Å². The number of nitrogens with one attached hydrogen (secondary N) is 1. The molecule has 0 atom stereocenters. The highest BCUT2D eigenvalue weighted by molar-refractivity contribution is 5.51. The summed E-state index contributed by atoms with van der Waals surface area (Å²) in [6, 6.07) is 4.01. The van der Waals surface area contributed by atoms with Gasteiger partial charge in [-0.25, -0.2) is 9.97 Å². The molecule has 0 aromatic carbocycles. The Bertz CT molecular complexity index is 697. The van der Waals surface area contributed by atoms with Gasteiger partial charge in [0.25, 0.3) is 0 Å². The number of hydrogen-bond donors (Lipinski definition) is 1. The second kappa shape index (κ2) is 4.38. The molecule has 0 bridgehead atoms. The lowest BCUT2D eigenvalue weighted by Gasteiger charge is -2.19. The third-order valence-electron chi connectivity index (χ3n) is 2.99. The van der Waals surface area contributed by atoms with Crippen molar-refractivity contribution < 1.29 is 0 Å². The molecule has 0 amide bonds. The summed E-state index contributed by atoms with van der Waals surface area (Å²) in [6.45, 7) is 4.66. The predicted molar refractivity (Wildman–Crippen MR) is 73.2 cm³/mol. The van der Waals surface area contributed by atoms with E-state index in [2.05, 4.69) is 25.0 Å². The molecule has 1 N–H and O–H groups in total. The van der Waals surface area contributed by atoms with E-state index < -0.39 is 0 Å². The third-order valence-corrected chi connectivity index (χ3v) is 2.99. The Kier molecular flexibility index (Phi) is 2.70. The van der Waals surface area contributed by atoms with E-state index in [1.54, 1.807) is 6.20 Å². The van der Waals surface area contributed by atoms with Gasteiger partial charge >= 0.3 is 0 Å². The molecule has 0 aliphatic rings. The Balaban J connectivity index is 2.03. The molecule has 0 fully saturated rings. The van der Waals surface area contributed by atoms with Crippen LogP contribution in [0.5, 0.6) is 0 Å². The number of rotatable bonds is 3. The van der Waals surface area contributed by atoms with Crippen LogP contribution in [0.4, 0.5) is 5.82 Å². The molecule has 0 saturated carbocycles. The molecule has 3 aromatic heterocycles. The number of H-pyrrole nitrogens is 1. The van der Waals surface area contributed by atoms with Crippen molar-refractivity contribution >= 4 is 11.5 Å². The monoisotopic (exact) mass is 256 g/mol. The van der Waals surface area contributed by atoms with E-state index >= 15 is 0 Å². The molecular weight excluding hydrogens is 240 g/mol. The Morgan fingerprint density at radius 2 is 2.11 bits per heavy atom. The zero-order valence-corrected chi connectivity index (χ0v) is 11.3. The first-order chi connectivity index (χ1) is 9.13. The summed E-state index contributed by atoms with van der Waals surface area (Å²) in [6.07, 6.45) is 3.59. The molecule has 3 aromatic rings. The average molecular weight is 256 g/mol. The average Bonchev–Trinajstić information content (AvgIpc) is 2.96. The molecule has 0 aliphatic carbocycles. The molecule has 3 heterocycles. The lowest BCUT2D eigenvalue weighted by Crippen LogP contribution is -2.21. The number of nitrogens with zero attached hydrogens (tertiary/aromatic N) is 5. The highest BCUT2D eigenvalue weighted by atomic mass is 15.3. The normalized spacial score (nSPS) is 11.1. The summed E-state index contributed by atoms with van der Waals surface area (Å²) in [4.78, 5) is 13.9. The van der Waals surface area contributed by atoms with Gasteiger partial charge in [0.2, 0.25) is 0 Å². The Labute approximate surface area is 111 Å². The Morgan fingerprint density at radius 1 is 1.26 bits per heavy atom. The van der Waals surface area contributed by atoms with E-state index in [0.29, 0.717) is 6.54 Å². The van der Waals surface area contributed by atoms with Gasteiger partial charge in [0.15, 0.2) is 5.65 Å². The smallest absolute Gasteiger partial charge is 0.157 e. The minimum Gasteiger partial charge on any atom is -0.352 e. The fourth-order valence-corrected chi connectivity index (χ4v) is 2.16. The minimum absolute atomic E-state index is 0.699. The van der Waals surface area contributed by atoms with Gasteiger partial charge in [0.1, 0.15) is 11.6 Å². The first-order valence-electron chi connectivity index (χ1n) is 6.17. The largest absolute Gasteiger partial charge is 0.352 e. The van der Waals surface area contributed by atoms with Crippen LogP contribution in [0.15, 0.2) is 24.5 Å². The molecule has 0 aliphatic heterocycles. The lowest BCUT2D eigenvalue weighted by molar-refractivity contribution is 0.795. The van der Waals surface area contributed by atoms with Crippen LogP contribution in [0, 0.1) is 13.8 Å². The number of aromatic nitrogens is 5. The van der Waals surface area contributed by atoms with Crippen LogP contribution in [0.3, 0.4) is 0 Å². The van der Waals surface area contributed by atoms with Gasteiger partial charge < -0.3 is 9.88 Å². The van der Waals surface area contributed by atoms with Crippen molar-refractivity contribution in [3.8, 4) is 0 Å². The van der Waals surface area contributed by atoms with Crippen LogP contribution < -0.4 is 4.90 Å². The van der Waals surface area contributed by atoms with Crippen LogP contribution in [-0.2, 0) is 6.54 Å². The molecule has 3 rings (SSSR count). The van der Waals surface area contributed by atoms with Gasteiger partial charge in [0, 0.05) is 37.3 Å². The fraction of sp³-hybridized carbons (Fsp3) is 0.308. The molecule has 6 heteroatoms. The topological polar surface area (TPSA) is 62.1 Å². The molecule has 0 radical (unpaired) electrons. The summed E-state index contributed by atoms with van der Waals surface area (Å²) < 4.78 is 1.87. The molecular formula is C13H16N6. The molecule has 0 unspecified atom stereocenters. The van der Waals surface area contributed by atoms with Crippen molar-refractivity contribution in [2.45, 2.75) is 20.4 Å². The van der Waals surface area contributed by atoms with Crippen LogP contribution in [0.1, 0.15) is 17.2 Å². The SMILES string of the molecule is Cc1cc(N(C)Cc2ncc[nH]2)n2nc(C)cc2n1. The summed E-state index contributed by atoms with van der Waals surface area (Å²) >= 11 is 0. The van der Waals surface area contributed by atoms with Crippen molar-refractivity contribution in [1.82, 2.24) is 24.6 Å². The van der Waals surface area contributed by atoms with Gasteiger partial charge in [-0.2, -0.15) is 9.61 Å². The van der Waals surface area contributed by atoms with Crippen LogP contribution in [0.25, 0.3) is 5.65 Å². The number of aryl methyl sites for hydroxylation is 2. The second-order valence-electron chi connectivity index (χ2n) is 4.70. The standard InChI is InChI=1S/C13H16N6/c1-9-7-13(18(3)8-11-14-4-5-15-11)19-12(16-9)6-10(2)17-19/h4-7H,8H2,1-3H3,(H,14,15). The maximum Gasteiger partial charge on any atom is 0.157 e. The summed E-state index contributed by atoms with van der Waals surface area (Å²) in [5.41, 5.74) is 2.82. The van der Waals surface area contributed by atoms with Crippen LogP contribution in [-0.4, -0.2) is 31.6 Å². The highest BCUT2D eigenvalue weighted by Gasteiger charge is 2.11. The fourth-order valence-electron chi connectivity index (χ4n) is 2.16. The van der Waals surface area contributed by atoms with E-state index in [-0.39, 0.29) is 0 Å². The molecule has 19 heavy (non-hydrogen) atoms. The Hall–Kier alpha value is -2.37. The quantitative estimate of drug-likeness (QED) is 0.775. The van der Waals surface area contributed by atoms with Crippen molar-refractivity contribution in [3.05, 3.63) is 41.7 Å². The van der Waals surface area contributed by atoms with E-state index in [0.717, 1.165) is 28.7 Å². The predicted octanol–water partition coefficient (Wildman–Crippen LogP) is 1.71. The maximum atomic E-state index is 4.49. The first kappa shape index (κ1) is 11.7. The van der Waals surface area contributed by atoms with Crippen LogP contribution in [0.2, 0.25) is 0 Å². The van der Waals surface area contributed by atoms with Crippen molar-refractivity contribution in [1.29, 1.82) is 0 Å². The van der Waals surface area contributed by atoms with Gasteiger partial charge in [-0.05, 0) is 13.8 Å². The third kappa shape index (κ3) is 2.16. The molecule has 6 nitrogen and oxygen atoms in total. The zero-order valence-electron chi connectivity index (χ0n) is 11.3. The molecule has 0 saturated heterocycles. The van der Waals surface area contributed by atoms with Gasteiger partial charge in [-0.1, -0.05) is 0 Å². The maximum absolute atomic E-state index is 4.49. The molecule has 0 spiro atoms.